The molecule has 0 saturated heterocycles. The molecule has 2 nitrogen and oxygen atoms in total. The van der Waals surface area contributed by atoms with Crippen molar-refractivity contribution in [3.63, 3.8) is 0 Å². The molecule has 0 aliphatic rings. The SMILES string of the molecule is CCC(CN)CC(=O)Cc1ccccc1. The highest BCUT2D eigenvalue weighted by Crippen LogP contribution is 2.09. The fourth-order valence-corrected chi connectivity index (χ4v) is 1.61. The maximum atomic E-state index is 11.7. The molecule has 15 heavy (non-hydrogen) atoms. The third-order valence-electron chi connectivity index (χ3n) is 2.67. The van der Waals surface area contributed by atoms with Crippen LogP contribution >= 0.6 is 0 Å². The molecule has 1 aromatic carbocycles. The van der Waals surface area contributed by atoms with Crippen LogP contribution in [0, 0.1) is 5.92 Å². The Balaban J connectivity index is 2.43. The summed E-state index contributed by atoms with van der Waals surface area (Å²) in [4.78, 5) is 11.7. The smallest absolute Gasteiger partial charge is 0.137 e. The summed E-state index contributed by atoms with van der Waals surface area (Å²) in [5.74, 6) is 0.639. The second-order valence-electron chi connectivity index (χ2n) is 3.92. The Kier molecular flexibility index (Phi) is 5.05. The lowest BCUT2D eigenvalue weighted by atomic mass is 9.96. The molecule has 0 heterocycles. The Hall–Kier alpha value is -1.15. The lowest BCUT2D eigenvalue weighted by Crippen LogP contribution is -2.18. The van der Waals surface area contributed by atoms with E-state index in [0.717, 1.165) is 12.0 Å². The largest absolute Gasteiger partial charge is 0.330 e. The van der Waals surface area contributed by atoms with Crippen molar-refractivity contribution < 1.29 is 4.79 Å². The molecule has 2 heteroatoms. The van der Waals surface area contributed by atoms with Crippen LogP contribution in [-0.4, -0.2) is 12.3 Å². The third-order valence-corrected chi connectivity index (χ3v) is 2.67. The Bertz CT molecular complexity index is 291. The zero-order valence-electron chi connectivity index (χ0n) is 9.28. The lowest BCUT2D eigenvalue weighted by molar-refractivity contribution is -0.119. The second-order valence-corrected chi connectivity index (χ2v) is 3.92. The van der Waals surface area contributed by atoms with Gasteiger partial charge in [0.1, 0.15) is 5.78 Å². The highest BCUT2D eigenvalue weighted by atomic mass is 16.1. The van der Waals surface area contributed by atoms with Crippen LogP contribution in [0.25, 0.3) is 0 Å². The molecule has 0 radical (unpaired) electrons. The first-order chi connectivity index (χ1) is 7.26. The molecule has 0 aromatic heterocycles. The zero-order chi connectivity index (χ0) is 11.1. The van der Waals surface area contributed by atoms with Gasteiger partial charge in [-0.15, -0.1) is 0 Å². The van der Waals surface area contributed by atoms with E-state index >= 15 is 0 Å². The molecule has 0 amide bonds. The van der Waals surface area contributed by atoms with E-state index in [-0.39, 0.29) is 0 Å². The topological polar surface area (TPSA) is 43.1 Å². The average Bonchev–Trinajstić information content (AvgIpc) is 2.27. The Morgan fingerprint density at radius 2 is 2.00 bits per heavy atom. The van der Waals surface area contributed by atoms with Crippen molar-refractivity contribution in [3.05, 3.63) is 35.9 Å². The van der Waals surface area contributed by atoms with E-state index in [1.807, 2.05) is 30.3 Å². The minimum absolute atomic E-state index is 0.290. The first kappa shape index (κ1) is 11.9. The van der Waals surface area contributed by atoms with Crippen molar-refractivity contribution in [2.24, 2.45) is 11.7 Å². The lowest BCUT2D eigenvalue weighted by Gasteiger charge is -2.10. The third kappa shape index (κ3) is 4.26. The van der Waals surface area contributed by atoms with Gasteiger partial charge in [0.15, 0.2) is 0 Å². The molecule has 1 rings (SSSR count). The number of carbonyl (C=O) groups is 1. The van der Waals surface area contributed by atoms with Crippen LogP contribution in [0.3, 0.4) is 0 Å². The zero-order valence-corrected chi connectivity index (χ0v) is 9.28. The molecule has 1 unspecified atom stereocenters. The van der Waals surface area contributed by atoms with Crippen LogP contribution in [-0.2, 0) is 11.2 Å². The van der Waals surface area contributed by atoms with Gasteiger partial charge in [-0.3, -0.25) is 4.79 Å². The van der Waals surface area contributed by atoms with Crippen molar-refractivity contribution in [3.8, 4) is 0 Å². The van der Waals surface area contributed by atoms with Gasteiger partial charge in [0.25, 0.3) is 0 Å². The van der Waals surface area contributed by atoms with Gasteiger partial charge in [-0.05, 0) is 18.0 Å². The fraction of sp³-hybridized carbons (Fsp3) is 0.462. The average molecular weight is 205 g/mol. The van der Waals surface area contributed by atoms with E-state index in [4.69, 9.17) is 5.73 Å². The molecule has 0 aliphatic heterocycles. The number of benzene rings is 1. The number of ketones is 1. The summed E-state index contributed by atoms with van der Waals surface area (Å²) in [6, 6.07) is 9.86. The highest BCUT2D eigenvalue weighted by molar-refractivity contribution is 5.81. The molecule has 0 spiro atoms. The molecule has 82 valence electrons. The Labute approximate surface area is 91.5 Å². The monoisotopic (exact) mass is 205 g/mol. The van der Waals surface area contributed by atoms with Gasteiger partial charge in [0.05, 0.1) is 0 Å². The number of rotatable bonds is 6. The van der Waals surface area contributed by atoms with E-state index in [1.54, 1.807) is 0 Å². The minimum atomic E-state index is 0.290. The summed E-state index contributed by atoms with van der Waals surface area (Å²) >= 11 is 0. The highest BCUT2D eigenvalue weighted by Gasteiger charge is 2.10. The maximum absolute atomic E-state index is 11.7. The van der Waals surface area contributed by atoms with Gasteiger partial charge in [-0.2, -0.15) is 0 Å². The van der Waals surface area contributed by atoms with E-state index in [0.29, 0.717) is 31.1 Å². The number of hydrogen-bond acceptors (Lipinski definition) is 2. The van der Waals surface area contributed by atoms with E-state index in [9.17, 15) is 4.79 Å². The Morgan fingerprint density at radius 3 is 2.53 bits per heavy atom. The van der Waals surface area contributed by atoms with Crippen molar-refractivity contribution in [1.29, 1.82) is 0 Å². The second kappa shape index (κ2) is 6.36. The predicted molar refractivity (Wildman–Crippen MR) is 62.6 cm³/mol. The van der Waals surface area contributed by atoms with Gasteiger partial charge in [-0.1, -0.05) is 43.7 Å². The van der Waals surface area contributed by atoms with Crippen LogP contribution in [0.2, 0.25) is 0 Å². The van der Waals surface area contributed by atoms with Gasteiger partial charge < -0.3 is 5.73 Å². The number of Topliss-reactive ketones (excluding diaryl/α,β-unsaturated/α-hetero) is 1. The first-order valence-electron chi connectivity index (χ1n) is 5.52. The van der Waals surface area contributed by atoms with Gasteiger partial charge in [-0.25, -0.2) is 0 Å². The van der Waals surface area contributed by atoms with Crippen LogP contribution < -0.4 is 5.73 Å². The summed E-state index contributed by atoms with van der Waals surface area (Å²) in [5, 5.41) is 0. The molecular weight excluding hydrogens is 186 g/mol. The number of hydrogen-bond donors (Lipinski definition) is 1. The van der Waals surface area contributed by atoms with Crippen LogP contribution in [0.4, 0.5) is 0 Å². The molecule has 1 atom stereocenters. The molecule has 0 saturated carbocycles. The molecule has 2 N–H and O–H groups in total. The predicted octanol–water partition coefficient (Wildman–Crippen LogP) is 2.17. The van der Waals surface area contributed by atoms with Crippen molar-refractivity contribution in [1.82, 2.24) is 0 Å². The Morgan fingerprint density at radius 1 is 1.33 bits per heavy atom. The molecule has 0 bridgehead atoms. The molecule has 1 aromatic rings. The van der Waals surface area contributed by atoms with E-state index in [1.165, 1.54) is 0 Å². The van der Waals surface area contributed by atoms with Gasteiger partial charge in [0.2, 0.25) is 0 Å². The molecule has 0 fully saturated rings. The van der Waals surface area contributed by atoms with Crippen LogP contribution in [0.15, 0.2) is 30.3 Å². The summed E-state index contributed by atoms with van der Waals surface area (Å²) < 4.78 is 0. The van der Waals surface area contributed by atoms with Crippen molar-refractivity contribution in [2.45, 2.75) is 26.2 Å². The summed E-state index contributed by atoms with van der Waals surface area (Å²) in [7, 11) is 0. The van der Waals surface area contributed by atoms with Crippen molar-refractivity contribution >= 4 is 5.78 Å². The summed E-state index contributed by atoms with van der Waals surface area (Å²) in [6.45, 7) is 2.68. The molecular formula is C13H19NO. The van der Waals surface area contributed by atoms with Crippen LogP contribution in [0.1, 0.15) is 25.3 Å². The quantitative estimate of drug-likeness (QED) is 0.773. The van der Waals surface area contributed by atoms with Gasteiger partial charge in [0, 0.05) is 12.8 Å². The summed E-state index contributed by atoms with van der Waals surface area (Å²) in [5.41, 5.74) is 6.66. The number of carbonyl (C=O) groups excluding carboxylic acids is 1. The standard InChI is InChI=1S/C13H19NO/c1-2-11(10-14)8-13(15)9-12-6-4-3-5-7-12/h3-7,11H,2,8-10,14H2,1H3. The maximum Gasteiger partial charge on any atom is 0.137 e. The van der Waals surface area contributed by atoms with Crippen molar-refractivity contribution in [2.75, 3.05) is 6.54 Å². The normalized spacial score (nSPS) is 12.4. The first-order valence-corrected chi connectivity index (χ1v) is 5.52. The van der Waals surface area contributed by atoms with Crippen LogP contribution in [0.5, 0.6) is 0 Å². The summed E-state index contributed by atoms with van der Waals surface area (Å²) in [6.07, 6.45) is 2.14. The fourth-order valence-electron chi connectivity index (χ4n) is 1.61. The minimum Gasteiger partial charge on any atom is -0.330 e. The molecule has 0 aliphatic carbocycles. The van der Waals surface area contributed by atoms with Gasteiger partial charge >= 0.3 is 0 Å². The van der Waals surface area contributed by atoms with E-state index < -0.39 is 0 Å². The van der Waals surface area contributed by atoms with E-state index in [2.05, 4.69) is 6.92 Å². The number of nitrogens with two attached hydrogens (primary N) is 1.